The molecule has 0 saturated carbocycles. The van der Waals surface area contributed by atoms with Gasteiger partial charge in [0.2, 0.25) is 17.8 Å². The number of nitrogens with one attached hydrogen (secondary N) is 1. The second kappa shape index (κ2) is 4.88. The SMILES string of the molecule is Nc1nc(N)nc(N(c2ccccc2)c2ccc[nH]2)n1. The first kappa shape index (κ1) is 12.0. The van der Waals surface area contributed by atoms with E-state index in [9.17, 15) is 0 Å². The second-order valence-electron chi connectivity index (χ2n) is 4.08. The van der Waals surface area contributed by atoms with Crippen molar-refractivity contribution in [2.45, 2.75) is 0 Å². The number of aromatic nitrogens is 4. The van der Waals surface area contributed by atoms with Crippen molar-refractivity contribution in [3.8, 4) is 0 Å². The number of nitrogen functional groups attached to an aromatic ring is 2. The summed E-state index contributed by atoms with van der Waals surface area (Å²) in [6, 6.07) is 13.5. The minimum absolute atomic E-state index is 0.0833. The zero-order valence-corrected chi connectivity index (χ0v) is 10.6. The van der Waals surface area contributed by atoms with Gasteiger partial charge in [0.1, 0.15) is 5.82 Å². The number of hydrogen-bond acceptors (Lipinski definition) is 6. The van der Waals surface area contributed by atoms with Crippen LogP contribution < -0.4 is 16.4 Å². The molecule has 3 rings (SSSR count). The Morgan fingerprint density at radius 1 is 0.850 bits per heavy atom. The summed E-state index contributed by atoms with van der Waals surface area (Å²) in [5.41, 5.74) is 12.2. The monoisotopic (exact) mass is 267 g/mol. The number of H-pyrrole nitrogens is 1. The molecule has 3 aromatic rings. The van der Waals surface area contributed by atoms with Gasteiger partial charge in [-0.15, -0.1) is 0 Å². The Morgan fingerprint density at radius 2 is 1.55 bits per heavy atom. The number of anilines is 5. The number of nitrogens with two attached hydrogens (primary N) is 2. The van der Waals surface area contributed by atoms with E-state index in [4.69, 9.17) is 11.5 Å². The summed E-state index contributed by atoms with van der Waals surface area (Å²) in [6.45, 7) is 0. The zero-order chi connectivity index (χ0) is 13.9. The Morgan fingerprint density at radius 3 is 2.15 bits per heavy atom. The van der Waals surface area contributed by atoms with Crippen LogP contribution in [0.1, 0.15) is 0 Å². The molecule has 0 atom stereocenters. The van der Waals surface area contributed by atoms with Crippen LogP contribution in [0.15, 0.2) is 48.7 Å². The van der Waals surface area contributed by atoms with Crippen molar-refractivity contribution in [1.82, 2.24) is 19.9 Å². The fourth-order valence-electron chi connectivity index (χ4n) is 1.90. The van der Waals surface area contributed by atoms with Crippen molar-refractivity contribution in [3.63, 3.8) is 0 Å². The Hall–Kier alpha value is -3.09. The smallest absolute Gasteiger partial charge is 0.242 e. The molecular formula is C13H13N7. The van der Waals surface area contributed by atoms with E-state index in [1.165, 1.54) is 0 Å². The standard InChI is InChI=1S/C13H13N7/c14-11-17-12(15)19-13(18-11)20(10-7-4-8-16-10)9-5-2-1-3-6-9/h1-8,16H,(H4,14,15,17,18,19). The van der Waals surface area contributed by atoms with Gasteiger partial charge < -0.3 is 16.5 Å². The zero-order valence-electron chi connectivity index (χ0n) is 10.6. The first-order valence-corrected chi connectivity index (χ1v) is 5.99. The molecule has 0 amide bonds. The number of benzene rings is 1. The van der Waals surface area contributed by atoms with E-state index in [1.807, 2.05) is 53.6 Å². The third-order valence-corrected chi connectivity index (χ3v) is 2.70. The van der Waals surface area contributed by atoms with E-state index < -0.39 is 0 Å². The lowest BCUT2D eigenvalue weighted by Crippen LogP contribution is -2.16. The van der Waals surface area contributed by atoms with Gasteiger partial charge in [-0.3, -0.25) is 4.90 Å². The minimum atomic E-state index is 0.0833. The molecular weight excluding hydrogens is 254 g/mol. The summed E-state index contributed by atoms with van der Waals surface area (Å²) in [7, 11) is 0. The van der Waals surface area contributed by atoms with Crippen molar-refractivity contribution in [2.75, 3.05) is 16.4 Å². The van der Waals surface area contributed by atoms with Crippen LogP contribution >= 0.6 is 0 Å². The molecule has 0 aliphatic rings. The van der Waals surface area contributed by atoms with Gasteiger partial charge in [-0.2, -0.15) is 15.0 Å². The summed E-state index contributed by atoms with van der Waals surface area (Å²) >= 11 is 0. The number of aromatic amines is 1. The van der Waals surface area contributed by atoms with Crippen LogP contribution in [-0.2, 0) is 0 Å². The summed E-state index contributed by atoms with van der Waals surface area (Å²) in [5.74, 6) is 1.34. The molecule has 0 spiro atoms. The Labute approximate surface area is 115 Å². The molecule has 0 unspecified atom stereocenters. The Balaban J connectivity index is 2.15. The van der Waals surface area contributed by atoms with Crippen LogP contribution in [0.25, 0.3) is 0 Å². The highest BCUT2D eigenvalue weighted by atomic mass is 15.3. The topological polar surface area (TPSA) is 110 Å². The molecule has 100 valence electrons. The van der Waals surface area contributed by atoms with E-state index in [1.54, 1.807) is 0 Å². The number of hydrogen-bond donors (Lipinski definition) is 3. The first-order valence-electron chi connectivity index (χ1n) is 5.99. The van der Waals surface area contributed by atoms with Gasteiger partial charge in [-0.1, -0.05) is 18.2 Å². The van der Waals surface area contributed by atoms with Gasteiger partial charge in [0, 0.05) is 6.20 Å². The molecule has 1 aromatic carbocycles. The number of rotatable bonds is 3. The lowest BCUT2D eigenvalue weighted by atomic mass is 10.3. The van der Waals surface area contributed by atoms with Crippen LogP contribution in [0.4, 0.5) is 29.4 Å². The predicted molar refractivity (Wildman–Crippen MR) is 77.7 cm³/mol. The third-order valence-electron chi connectivity index (χ3n) is 2.70. The van der Waals surface area contributed by atoms with E-state index in [2.05, 4.69) is 19.9 Å². The average Bonchev–Trinajstić information content (AvgIpc) is 2.93. The summed E-state index contributed by atoms with van der Waals surface area (Å²) in [5, 5.41) is 0. The molecule has 2 aromatic heterocycles. The quantitative estimate of drug-likeness (QED) is 0.667. The first-order chi connectivity index (χ1) is 9.74. The van der Waals surface area contributed by atoms with Crippen molar-refractivity contribution in [3.05, 3.63) is 48.7 Å². The molecule has 0 bridgehead atoms. The average molecular weight is 267 g/mol. The molecule has 0 aliphatic heterocycles. The highest BCUT2D eigenvalue weighted by Gasteiger charge is 2.16. The van der Waals surface area contributed by atoms with Gasteiger partial charge in [0.25, 0.3) is 0 Å². The van der Waals surface area contributed by atoms with Crippen LogP contribution in [0.3, 0.4) is 0 Å². The maximum Gasteiger partial charge on any atom is 0.242 e. The normalized spacial score (nSPS) is 10.4. The Bertz CT molecular complexity index is 674. The van der Waals surface area contributed by atoms with Crippen LogP contribution in [0.2, 0.25) is 0 Å². The largest absolute Gasteiger partial charge is 0.368 e. The van der Waals surface area contributed by atoms with Gasteiger partial charge in [0.15, 0.2) is 0 Å². The lowest BCUT2D eigenvalue weighted by Gasteiger charge is -2.21. The van der Waals surface area contributed by atoms with Gasteiger partial charge in [0.05, 0.1) is 5.69 Å². The van der Waals surface area contributed by atoms with E-state index in [0.29, 0.717) is 5.95 Å². The second-order valence-corrected chi connectivity index (χ2v) is 4.08. The maximum absolute atomic E-state index is 5.65. The highest BCUT2D eigenvalue weighted by molar-refractivity contribution is 5.70. The van der Waals surface area contributed by atoms with E-state index in [0.717, 1.165) is 11.5 Å². The molecule has 0 saturated heterocycles. The fraction of sp³-hybridized carbons (Fsp3) is 0. The molecule has 7 heteroatoms. The van der Waals surface area contributed by atoms with Gasteiger partial charge in [-0.05, 0) is 24.3 Å². The van der Waals surface area contributed by atoms with Gasteiger partial charge >= 0.3 is 0 Å². The molecule has 20 heavy (non-hydrogen) atoms. The highest BCUT2D eigenvalue weighted by Crippen LogP contribution is 2.30. The van der Waals surface area contributed by atoms with E-state index in [-0.39, 0.29) is 11.9 Å². The predicted octanol–water partition coefficient (Wildman–Crippen LogP) is 1.83. The van der Waals surface area contributed by atoms with Crippen LogP contribution in [0.5, 0.6) is 0 Å². The van der Waals surface area contributed by atoms with Crippen molar-refractivity contribution < 1.29 is 0 Å². The fourth-order valence-corrected chi connectivity index (χ4v) is 1.90. The molecule has 0 radical (unpaired) electrons. The van der Waals surface area contributed by atoms with Crippen LogP contribution in [-0.4, -0.2) is 19.9 Å². The summed E-state index contributed by atoms with van der Waals surface area (Å²) < 4.78 is 0. The molecule has 5 N–H and O–H groups in total. The molecule has 0 fully saturated rings. The summed E-state index contributed by atoms with van der Waals surface area (Å²) in [4.78, 5) is 17.0. The van der Waals surface area contributed by atoms with Crippen molar-refractivity contribution in [1.29, 1.82) is 0 Å². The molecule has 7 nitrogen and oxygen atoms in total. The third kappa shape index (κ3) is 2.24. The van der Waals surface area contributed by atoms with Crippen LogP contribution in [0, 0.1) is 0 Å². The maximum atomic E-state index is 5.65. The number of para-hydroxylation sites is 1. The van der Waals surface area contributed by atoms with Crippen molar-refractivity contribution in [2.24, 2.45) is 0 Å². The minimum Gasteiger partial charge on any atom is -0.368 e. The molecule has 2 heterocycles. The van der Waals surface area contributed by atoms with E-state index >= 15 is 0 Å². The Kier molecular flexibility index (Phi) is 2.92. The lowest BCUT2D eigenvalue weighted by molar-refractivity contribution is 1.02. The van der Waals surface area contributed by atoms with Crippen molar-refractivity contribution >= 4 is 29.4 Å². The number of nitrogens with zero attached hydrogens (tertiary/aromatic N) is 4. The summed E-state index contributed by atoms with van der Waals surface area (Å²) in [6.07, 6.45) is 1.82. The van der Waals surface area contributed by atoms with Gasteiger partial charge in [-0.25, -0.2) is 0 Å². The molecule has 0 aliphatic carbocycles.